The second-order valence-electron chi connectivity index (χ2n) is 3.98. The molecule has 0 bridgehead atoms. The van der Waals surface area contributed by atoms with Crippen LogP contribution in [0.25, 0.3) is 0 Å². The second-order valence-corrected chi connectivity index (χ2v) is 3.98. The van der Waals surface area contributed by atoms with Gasteiger partial charge in [-0.1, -0.05) is 19.1 Å². The van der Waals surface area contributed by atoms with Gasteiger partial charge in [0.2, 0.25) is 0 Å². The molecule has 0 heterocycles. The van der Waals surface area contributed by atoms with E-state index in [2.05, 4.69) is 5.32 Å². The molecule has 0 aromatic heterocycles. The van der Waals surface area contributed by atoms with Gasteiger partial charge in [-0.2, -0.15) is 0 Å². The van der Waals surface area contributed by atoms with Gasteiger partial charge in [0.1, 0.15) is 5.82 Å². The quantitative estimate of drug-likeness (QED) is 0.832. The lowest BCUT2D eigenvalue weighted by molar-refractivity contribution is 0.0835. The van der Waals surface area contributed by atoms with Crippen molar-refractivity contribution in [1.82, 2.24) is 5.32 Å². The Morgan fingerprint density at radius 2 is 2.12 bits per heavy atom. The molecule has 2 nitrogen and oxygen atoms in total. The maximum atomic E-state index is 13.5. The minimum Gasteiger partial charge on any atom is -0.380 e. The van der Waals surface area contributed by atoms with E-state index in [0.29, 0.717) is 5.56 Å². The van der Waals surface area contributed by atoms with Crippen molar-refractivity contribution in [2.45, 2.75) is 32.9 Å². The van der Waals surface area contributed by atoms with Crippen molar-refractivity contribution in [2.75, 3.05) is 13.7 Å². The van der Waals surface area contributed by atoms with Gasteiger partial charge in [0.25, 0.3) is 0 Å². The molecule has 1 aromatic carbocycles. The Labute approximate surface area is 96.8 Å². The Morgan fingerprint density at radius 3 is 2.62 bits per heavy atom. The smallest absolute Gasteiger partial charge is 0.126 e. The Kier molecular flexibility index (Phi) is 4.90. The monoisotopic (exact) mass is 225 g/mol. The highest BCUT2D eigenvalue weighted by atomic mass is 19.1. The van der Waals surface area contributed by atoms with Crippen molar-refractivity contribution < 1.29 is 9.13 Å². The molecule has 16 heavy (non-hydrogen) atoms. The molecule has 0 aliphatic heterocycles. The van der Waals surface area contributed by atoms with E-state index < -0.39 is 0 Å². The Balaban J connectivity index is 2.96. The third-order valence-corrected chi connectivity index (χ3v) is 2.82. The van der Waals surface area contributed by atoms with E-state index in [1.807, 2.05) is 19.9 Å². The summed E-state index contributed by atoms with van der Waals surface area (Å²) in [5.41, 5.74) is 1.60. The molecule has 0 fully saturated rings. The van der Waals surface area contributed by atoms with Gasteiger partial charge in [-0.15, -0.1) is 0 Å². The van der Waals surface area contributed by atoms with E-state index >= 15 is 0 Å². The van der Waals surface area contributed by atoms with Gasteiger partial charge >= 0.3 is 0 Å². The number of methoxy groups -OCH3 is 1. The molecule has 0 spiro atoms. The van der Waals surface area contributed by atoms with Gasteiger partial charge in [0, 0.05) is 7.11 Å². The predicted molar refractivity (Wildman–Crippen MR) is 64.0 cm³/mol. The van der Waals surface area contributed by atoms with Gasteiger partial charge in [0.15, 0.2) is 0 Å². The minimum absolute atomic E-state index is 0.0158. The summed E-state index contributed by atoms with van der Waals surface area (Å²) in [5.74, 6) is -0.163. The minimum atomic E-state index is -0.163. The highest BCUT2D eigenvalue weighted by Crippen LogP contribution is 2.21. The lowest BCUT2D eigenvalue weighted by atomic mass is 10.0. The summed E-state index contributed by atoms with van der Waals surface area (Å²) in [4.78, 5) is 0. The molecule has 2 unspecified atom stereocenters. The van der Waals surface area contributed by atoms with Crippen molar-refractivity contribution >= 4 is 0 Å². The lowest BCUT2D eigenvalue weighted by Crippen LogP contribution is -2.31. The Bertz CT molecular complexity index is 341. The molecule has 1 aromatic rings. The van der Waals surface area contributed by atoms with Crippen LogP contribution in [0.5, 0.6) is 0 Å². The van der Waals surface area contributed by atoms with Crippen LogP contribution < -0.4 is 5.32 Å². The fraction of sp³-hybridized carbons (Fsp3) is 0.538. The van der Waals surface area contributed by atoms with Crippen LogP contribution in [-0.2, 0) is 4.74 Å². The van der Waals surface area contributed by atoms with Gasteiger partial charge < -0.3 is 10.1 Å². The number of hydrogen-bond donors (Lipinski definition) is 1. The van der Waals surface area contributed by atoms with Crippen molar-refractivity contribution in [2.24, 2.45) is 0 Å². The van der Waals surface area contributed by atoms with Crippen molar-refractivity contribution in [3.05, 3.63) is 35.1 Å². The number of rotatable bonds is 5. The Morgan fingerprint density at radius 1 is 1.44 bits per heavy atom. The third kappa shape index (κ3) is 3.03. The van der Waals surface area contributed by atoms with Gasteiger partial charge in [-0.25, -0.2) is 4.39 Å². The van der Waals surface area contributed by atoms with E-state index in [-0.39, 0.29) is 18.0 Å². The number of likely N-dealkylation sites (N-methyl/N-ethyl adjacent to an activating group) is 1. The van der Waals surface area contributed by atoms with Crippen LogP contribution in [0.2, 0.25) is 0 Å². The summed E-state index contributed by atoms with van der Waals surface area (Å²) < 4.78 is 18.8. The van der Waals surface area contributed by atoms with E-state index in [9.17, 15) is 4.39 Å². The van der Waals surface area contributed by atoms with Crippen molar-refractivity contribution in [3.63, 3.8) is 0 Å². The number of ether oxygens (including phenoxy) is 1. The zero-order chi connectivity index (χ0) is 12.1. The van der Waals surface area contributed by atoms with Gasteiger partial charge in [-0.3, -0.25) is 0 Å². The summed E-state index contributed by atoms with van der Waals surface area (Å²) in [6.07, 6.45) is 0.0158. The van der Waals surface area contributed by atoms with E-state index in [4.69, 9.17) is 4.74 Å². The normalized spacial score (nSPS) is 14.8. The number of hydrogen-bond acceptors (Lipinski definition) is 2. The maximum Gasteiger partial charge on any atom is 0.126 e. The predicted octanol–water partition coefficient (Wildman–Crippen LogP) is 2.82. The average Bonchev–Trinajstić information content (AvgIpc) is 2.29. The number of aryl methyl sites for hydroxylation is 1. The Hall–Kier alpha value is -0.930. The molecule has 0 aliphatic rings. The summed E-state index contributed by atoms with van der Waals surface area (Å²) in [6, 6.07) is 5.36. The molecule has 0 saturated heterocycles. The van der Waals surface area contributed by atoms with Crippen LogP contribution in [0.4, 0.5) is 4.39 Å². The first-order valence-corrected chi connectivity index (χ1v) is 5.62. The third-order valence-electron chi connectivity index (χ3n) is 2.82. The van der Waals surface area contributed by atoms with Crippen LogP contribution in [-0.4, -0.2) is 19.8 Å². The molecule has 0 radical (unpaired) electrons. The molecular weight excluding hydrogens is 205 g/mol. The molecule has 3 heteroatoms. The number of halogens is 1. The summed E-state index contributed by atoms with van der Waals surface area (Å²) in [7, 11) is 1.67. The van der Waals surface area contributed by atoms with Crippen molar-refractivity contribution in [1.29, 1.82) is 0 Å². The molecular formula is C13H20FNO. The first kappa shape index (κ1) is 13.1. The van der Waals surface area contributed by atoms with E-state index in [0.717, 1.165) is 12.1 Å². The summed E-state index contributed by atoms with van der Waals surface area (Å²) in [5, 5.41) is 3.30. The SMILES string of the molecule is CCNC(c1ccc(C)c(F)c1)C(C)OC. The van der Waals surface area contributed by atoms with Crippen LogP contribution in [0, 0.1) is 12.7 Å². The van der Waals surface area contributed by atoms with Crippen LogP contribution in [0.15, 0.2) is 18.2 Å². The van der Waals surface area contributed by atoms with Gasteiger partial charge in [-0.05, 0) is 37.6 Å². The number of benzene rings is 1. The average molecular weight is 225 g/mol. The fourth-order valence-electron chi connectivity index (χ4n) is 1.71. The van der Waals surface area contributed by atoms with Gasteiger partial charge in [0.05, 0.1) is 12.1 Å². The van der Waals surface area contributed by atoms with Crippen LogP contribution in [0.1, 0.15) is 31.0 Å². The lowest BCUT2D eigenvalue weighted by Gasteiger charge is -2.24. The zero-order valence-corrected chi connectivity index (χ0v) is 10.4. The first-order chi connectivity index (χ1) is 7.60. The standard InChI is InChI=1S/C13H20FNO/c1-5-15-13(10(3)16-4)11-7-6-9(2)12(14)8-11/h6-8,10,13,15H,5H2,1-4H3. The van der Waals surface area contributed by atoms with Crippen LogP contribution in [0.3, 0.4) is 0 Å². The molecule has 1 N–H and O–H groups in total. The van der Waals surface area contributed by atoms with E-state index in [1.54, 1.807) is 26.2 Å². The van der Waals surface area contributed by atoms with Crippen LogP contribution >= 0.6 is 0 Å². The summed E-state index contributed by atoms with van der Waals surface area (Å²) in [6.45, 7) is 6.60. The molecule has 1 rings (SSSR count). The topological polar surface area (TPSA) is 21.3 Å². The molecule has 90 valence electrons. The summed E-state index contributed by atoms with van der Waals surface area (Å²) >= 11 is 0. The molecule has 0 amide bonds. The largest absolute Gasteiger partial charge is 0.380 e. The van der Waals surface area contributed by atoms with Crippen molar-refractivity contribution in [3.8, 4) is 0 Å². The number of nitrogens with one attached hydrogen (secondary N) is 1. The molecule has 2 atom stereocenters. The fourth-order valence-corrected chi connectivity index (χ4v) is 1.71. The first-order valence-electron chi connectivity index (χ1n) is 5.62. The molecule has 0 aliphatic carbocycles. The second kappa shape index (κ2) is 5.97. The zero-order valence-electron chi connectivity index (χ0n) is 10.4. The highest BCUT2D eigenvalue weighted by Gasteiger charge is 2.18. The molecule has 0 saturated carbocycles. The maximum absolute atomic E-state index is 13.5. The van der Waals surface area contributed by atoms with E-state index in [1.165, 1.54) is 0 Å². The highest BCUT2D eigenvalue weighted by molar-refractivity contribution is 5.26.